The van der Waals surface area contributed by atoms with Crippen molar-refractivity contribution >= 4 is 23.7 Å². The first-order chi connectivity index (χ1) is 10.1. The molecule has 4 N–H and O–H groups in total. The van der Waals surface area contributed by atoms with E-state index < -0.39 is 5.97 Å². The van der Waals surface area contributed by atoms with Crippen LogP contribution in [0.5, 0.6) is 5.75 Å². The highest BCUT2D eigenvalue weighted by atomic mass is 32.2. The number of benzene rings is 1. The third-order valence-electron chi connectivity index (χ3n) is 2.87. The zero-order chi connectivity index (χ0) is 14.8. The van der Waals surface area contributed by atoms with Crippen molar-refractivity contribution in [3.63, 3.8) is 0 Å². The molecule has 21 heavy (non-hydrogen) atoms. The fraction of sp³-hybridized carbons (Fsp3) is 0.250. The van der Waals surface area contributed by atoms with E-state index in [2.05, 4.69) is 15.2 Å². The number of ether oxygens (including phenoxy) is 2. The van der Waals surface area contributed by atoms with Crippen LogP contribution in [0.2, 0.25) is 0 Å². The zero-order valence-corrected chi connectivity index (χ0v) is 11.6. The number of fused-ring (bicyclic) bond motifs is 1. The molecular weight excluding hydrogens is 296 g/mol. The molecule has 8 nitrogen and oxygen atoms in total. The Morgan fingerprint density at radius 3 is 3.10 bits per heavy atom. The van der Waals surface area contributed by atoms with Crippen molar-refractivity contribution in [1.82, 2.24) is 15.2 Å². The van der Waals surface area contributed by atoms with E-state index in [0.29, 0.717) is 23.3 Å². The smallest absolute Gasteiger partial charge is 0.335 e. The van der Waals surface area contributed by atoms with Gasteiger partial charge in [0.25, 0.3) is 0 Å². The number of nitrogen functional groups attached to an aromatic ring is 1. The summed E-state index contributed by atoms with van der Waals surface area (Å²) < 4.78 is 10.7. The second-order valence-corrected chi connectivity index (χ2v) is 5.27. The third kappa shape index (κ3) is 2.93. The van der Waals surface area contributed by atoms with Crippen LogP contribution in [0.15, 0.2) is 17.3 Å². The first-order valence-corrected chi connectivity index (χ1v) is 7.02. The van der Waals surface area contributed by atoms with Crippen molar-refractivity contribution in [2.45, 2.75) is 17.5 Å². The van der Waals surface area contributed by atoms with Crippen LogP contribution in [0.25, 0.3) is 0 Å². The van der Waals surface area contributed by atoms with Gasteiger partial charge < -0.3 is 20.3 Å². The van der Waals surface area contributed by atoms with Crippen LogP contribution in [0.4, 0.5) is 5.95 Å². The van der Waals surface area contributed by atoms with Crippen LogP contribution in [-0.4, -0.2) is 33.1 Å². The van der Waals surface area contributed by atoms with Gasteiger partial charge in [-0.05, 0) is 12.1 Å². The maximum atomic E-state index is 11.2. The molecule has 0 fully saturated rings. The number of H-pyrrole nitrogens is 1. The summed E-state index contributed by atoms with van der Waals surface area (Å²) in [5, 5.41) is 16.1. The van der Waals surface area contributed by atoms with Gasteiger partial charge >= 0.3 is 5.97 Å². The quantitative estimate of drug-likeness (QED) is 0.721. The molecule has 0 amide bonds. The molecule has 3 rings (SSSR count). The fourth-order valence-corrected chi connectivity index (χ4v) is 2.77. The highest BCUT2D eigenvalue weighted by Crippen LogP contribution is 2.33. The molecule has 9 heteroatoms. The Labute approximate surface area is 123 Å². The second kappa shape index (κ2) is 5.62. The molecule has 1 aromatic carbocycles. The Morgan fingerprint density at radius 2 is 2.38 bits per heavy atom. The predicted molar refractivity (Wildman–Crippen MR) is 74.0 cm³/mol. The van der Waals surface area contributed by atoms with Gasteiger partial charge in [-0.15, -0.1) is 5.10 Å². The molecule has 0 saturated carbocycles. The molecule has 0 aliphatic carbocycles. The number of nitrogens with zero attached hydrogens (tertiary/aromatic N) is 2. The number of carbonyl (C=O) groups is 1. The third-order valence-corrected chi connectivity index (χ3v) is 3.77. The molecule has 110 valence electrons. The number of aromatic carboxylic acids is 1. The molecule has 2 aromatic rings. The topological polar surface area (TPSA) is 123 Å². The van der Waals surface area contributed by atoms with Gasteiger partial charge in [0.1, 0.15) is 5.75 Å². The van der Waals surface area contributed by atoms with Crippen LogP contribution >= 0.6 is 11.8 Å². The van der Waals surface area contributed by atoms with Gasteiger partial charge in [-0.2, -0.15) is 4.98 Å². The van der Waals surface area contributed by atoms with Gasteiger partial charge in [0.05, 0.1) is 12.2 Å². The molecule has 0 unspecified atom stereocenters. The van der Waals surface area contributed by atoms with E-state index in [-0.39, 0.29) is 18.3 Å². The van der Waals surface area contributed by atoms with E-state index in [1.165, 1.54) is 11.8 Å². The Balaban J connectivity index is 1.88. The largest absolute Gasteiger partial charge is 0.478 e. The minimum atomic E-state index is -0.989. The maximum absolute atomic E-state index is 11.2. The Morgan fingerprint density at radius 1 is 1.52 bits per heavy atom. The SMILES string of the molecule is Nc1nc(SCc2cc(C(=O)O)cc3c2OCOC3)n[nH]1. The lowest BCUT2D eigenvalue weighted by atomic mass is 10.0. The zero-order valence-electron chi connectivity index (χ0n) is 10.8. The molecule has 1 aromatic heterocycles. The lowest BCUT2D eigenvalue weighted by Gasteiger charge is -2.21. The molecule has 2 heterocycles. The van der Waals surface area contributed by atoms with Gasteiger partial charge in [-0.3, -0.25) is 0 Å². The number of aromatic nitrogens is 3. The van der Waals surface area contributed by atoms with Crippen molar-refractivity contribution in [2.75, 3.05) is 12.5 Å². The van der Waals surface area contributed by atoms with E-state index in [4.69, 9.17) is 20.3 Å². The van der Waals surface area contributed by atoms with Crippen LogP contribution < -0.4 is 10.5 Å². The van der Waals surface area contributed by atoms with Crippen LogP contribution in [0.3, 0.4) is 0 Å². The molecule has 0 bridgehead atoms. The van der Waals surface area contributed by atoms with Crippen molar-refractivity contribution in [3.8, 4) is 5.75 Å². The number of hydrogen-bond donors (Lipinski definition) is 3. The first kappa shape index (κ1) is 13.7. The first-order valence-electron chi connectivity index (χ1n) is 6.04. The molecule has 1 aliphatic rings. The van der Waals surface area contributed by atoms with Crippen molar-refractivity contribution < 1.29 is 19.4 Å². The summed E-state index contributed by atoms with van der Waals surface area (Å²) in [6, 6.07) is 3.16. The van der Waals surface area contributed by atoms with Crippen molar-refractivity contribution in [1.29, 1.82) is 0 Å². The van der Waals surface area contributed by atoms with Crippen LogP contribution in [0.1, 0.15) is 21.5 Å². The summed E-state index contributed by atoms with van der Waals surface area (Å²) in [7, 11) is 0. The number of aromatic amines is 1. The number of thioether (sulfide) groups is 1. The molecule has 0 saturated heterocycles. The number of nitrogens with one attached hydrogen (secondary N) is 1. The number of hydrogen-bond acceptors (Lipinski definition) is 7. The lowest BCUT2D eigenvalue weighted by Crippen LogP contribution is -2.14. The van der Waals surface area contributed by atoms with E-state index >= 15 is 0 Å². The van der Waals surface area contributed by atoms with Gasteiger partial charge in [0.15, 0.2) is 6.79 Å². The van der Waals surface area contributed by atoms with Crippen molar-refractivity contribution in [2.24, 2.45) is 0 Å². The monoisotopic (exact) mass is 308 g/mol. The van der Waals surface area contributed by atoms with Gasteiger partial charge in [-0.25, -0.2) is 9.89 Å². The summed E-state index contributed by atoms with van der Waals surface area (Å²) in [5.74, 6) is 0.392. The number of rotatable bonds is 4. The summed E-state index contributed by atoms with van der Waals surface area (Å²) in [5.41, 5.74) is 7.16. The summed E-state index contributed by atoms with van der Waals surface area (Å²) in [4.78, 5) is 15.2. The summed E-state index contributed by atoms with van der Waals surface area (Å²) >= 11 is 1.34. The normalized spacial score (nSPS) is 13.5. The molecule has 0 radical (unpaired) electrons. The van der Waals surface area contributed by atoms with E-state index in [9.17, 15) is 4.79 Å². The van der Waals surface area contributed by atoms with E-state index in [1.54, 1.807) is 12.1 Å². The minimum absolute atomic E-state index is 0.157. The van der Waals surface area contributed by atoms with Gasteiger partial charge in [-0.1, -0.05) is 11.8 Å². The summed E-state index contributed by atoms with van der Waals surface area (Å²) in [6.45, 7) is 0.492. The van der Waals surface area contributed by atoms with Crippen LogP contribution in [-0.2, 0) is 17.1 Å². The molecule has 1 aliphatic heterocycles. The number of carboxylic acids is 1. The molecular formula is C12H12N4O4S. The predicted octanol–water partition coefficient (Wildman–Crippen LogP) is 1.24. The highest BCUT2D eigenvalue weighted by molar-refractivity contribution is 7.98. The lowest BCUT2D eigenvalue weighted by molar-refractivity contribution is -0.0169. The number of anilines is 1. The van der Waals surface area contributed by atoms with Gasteiger partial charge in [0, 0.05) is 16.9 Å². The fourth-order valence-electron chi connectivity index (χ4n) is 1.99. The van der Waals surface area contributed by atoms with Crippen molar-refractivity contribution in [3.05, 3.63) is 28.8 Å². The van der Waals surface area contributed by atoms with Crippen LogP contribution in [0, 0.1) is 0 Å². The standard InChI is InChI=1S/C12H12N4O4S/c13-11-14-12(16-15-11)21-4-8-2-6(10(17)18)1-7-3-19-5-20-9(7)8/h1-2H,3-5H2,(H,17,18)(H3,13,14,15,16). The Bertz CT molecular complexity index is 688. The second-order valence-electron chi connectivity index (χ2n) is 4.33. The Kier molecular flexibility index (Phi) is 3.67. The highest BCUT2D eigenvalue weighted by Gasteiger charge is 2.19. The average molecular weight is 308 g/mol. The van der Waals surface area contributed by atoms with E-state index in [1.807, 2.05) is 0 Å². The maximum Gasteiger partial charge on any atom is 0.335 e. The minimum Gasteiger partial charge on any atom is -0.478 e. The summed E-state index contributed by atoms with van der Waals surface area (Å²) in [6.07, 6.45) is 0. The van der Waals surface area contributed by atoms with E-state index in [0.717, 1.165) is 11.1 Å². The Hall–Kier alpha value is -2.26. The number of nitrogens with two attached hydrogens (primary N) is 1. The molecule has 0 spiro atoms. The average Bonchev–Trinajstić information content (AvgIpc) is 2.90. The molecule has 0 atom stereocenters. The van der Waals surface area contributed by atoms with Gasteiger partial charge in [0.2, 0.25) is 11.1 Å². The number of carboxylic acid groups (broad SMARTS) is 1.